The Hall–Kier alpha value is -1.87. The second-order valence-electron chi connectivity index (χ2n) is 4.56. The summed E-state index contributed by atoms with van der Waals surface area (Å²) < 4.78 is 18.8. The van der Waals surface area contributed by atoms with Crippen molar-refractivity contribution < 1.29 is 14.2 Å². The molecule has 0 saturated heterocycles. The fourth-order valence-electron chi connectivity index (χ4n) is 1.85. The molecule has 1 unspecified atom stereocenters. The summed E-state index contributed by atoms with van der Waals surface area (Å²) in [6, 6.07) is 13.9. The van der Waals surface area contributed by atoms with Gasteiger partial charge in [0.1, 0.15) is 11.6 Å². The van der Waals surface area contributed by atoms with E-state index in [0.29, 0.717) is 6.61 Å². The van der Waals surface area contributed by atoms with Crippen LogP contribution in [0, 0.1) is 12.7 Å². The van der Waals surface area contributed by atoms with Gasteiger partial charge in [-0.3, -0.25) is 0 Å². The van der Waals surface area contributed by atoms with Crippen LogP contribution in [0.3, 0.4) is 0 Å². The van der Waals surface area contributed by atoms with Crippen molar-refractivity contribution >= 4 is 0 Å². The fourth-order valence-corrected chi connectivity index (χ4v) is 1.85. The van der Waals surface area contributed by atoms with Crippen molar-refractivity contribution in [3.05, 3.63) is 65.5 Å². The highest BCUT2D eigenvalue weighted by atomic mass is 19.1. The minimum absolute atomic E-state index is 0.0741. The van der Waals surface area contributed by atoms with Gasteiger partial charge in [-0.1, -0.05) is 29.8 Å². The standard InChI is InChI=1S/C16H17FO2/c1-12-5-7-16(8-6-12)19-11-14(10-18)13-3-2-4-15(17)9-13/h2-9,14,18H,10-11H2,1H3. The summed E-state index contributed by atoms with van der Waals surface area (Å²) in [6.45, 7) is 2.26. The van der Waals surface area contributed by atoms with E-state index in [9.17, 15) is 9.50 Å². The molecule has 0 aromatic heterocycles. The van der Waals surface area contributed by atoms with Crippen LogP contribution in [0.2, 0.25) is 0 Å². The molecule has 2 rings (SSSR count). The van der Waals surface area contributed by atoms with E-state index in [2.05, 4.69) is 0 Å². The van der Waals surface area contributed by atoms with Crippen molar-refractivity contribution in [3.63, 3.8) is 0 Å². The van der Waals surface area contributed by atoms with E-state index in [1.165, 1.54) is 12.1 Å². The van der Waals surface area contributed by atoms with Crippen molar-refractivity contribution in [2.75, 3.05) is 13.2 Å². The number of rotatable bonds is 5. The largest absolute Gasteiger partial charge is 0.493 e. The van der Waals surface area contributed by atoms with Crippen LogP contribution in [0.1, 0.15) is 17.0 Å². The Morgan fingerprint density at radius 3 is 2.53 bits per heavy atom. The van der Waals surface area contributed by atoms with E-state index >= 15 is 0 Å². The average molecular weight is 260 g/mol. The van der Waals surface area contributed by atoms with Crippen LogP contribution in [0.25, 0.3) is 0 Å². The first-order chi connectivity index (χ1) is 9.19. The third-order valence-corrected chi connectivity index (χ3v) is 3.01. The van der Waals surface area contributed by atoms with E-state index in [1.807, 2.05) is 31.2 Å². The zero-order chi connectivity index (χ0) is 13.7. The minimum Gasteiger partial charge on any atom is -0.493 e. The van der Waals surface area contributed by atoms with Gasteiger partial charge in [0.15, 0.2) is 0 Å². The summed E-state index contributed by atoms with van der Waals surface area (Å²) >= 11 is 0. The van der Waals surface area contributed by atoms with E-state index in [0.717, 1.165) is 16.9 Å². The Morgan fingerprint density at radius 1 is 1.16 bits per heavy atom. The normalized spacial score (nSPS) is 12.2. The molecule has 0 aliphatic rings. The highest BCUT2D eigenvalue weighted by Gasteiger charge is 2.12. The van der Waals surface area contributed by atoms with Crippen molar-refractivity contribution in [2.24, 2.45) is 0 Å². The Kier molecular flexibility index (Phi) is 4.53. The molecule has 0 aliphatic heterocycles. The second kappa shape index (κ2) is 6.34. The topological polar surface area (TPSA) is 29.5 Å². The van der Waals surface area contributed by atoms with Crippen LogP contribution in [-0.2, 0) is 0 Å². The van der Waals surface area contributed by atoms with Gasteiger partial charge in [0.05, 0.1) is 13.2 Å². The van der Waals surface area contributed by atoms with Crippen molar-refractivity contribution in [1.82, 2.24) is 0 Å². The number of benzene rings is 2. The van der Waals surface area contributed by atoms with Crippen molar-refractivity contribution in [1.29, 1.82) is 0 Å². The molecule has 0 saturated carbocycles. The van der Waals surface area contributed by atoms with Gasteiger partial charge < -0.3 is 9.84 Å². The molecule has 0 radical (unpaired) electrons. The van der Waals surface area contributed by atoms with Crippen LogP contribution in [-0.4, -0.2) is 18.3 Å². The van der Waals surface area contributed by atoms with E-state index in [1.54, 1.807) is 12.1 Å². The predicted molar refractivity (Wildman–Crippen MR) is 72.9 cm³/mol. The molecule has 2 aromatic rings. The number of hydrogen-bond acceptors (Lipinski definition) is 2. The van der Waals surface area contributed by atoms with Gasteiger partial charge in [0, 0.05) is 5.92 Å². The van der Waals surface area contributed by atoms with Gasteiger partial charge in [0.2, 0.25) is 0 Å². The maximum atomic E-state index is 13.1. The van der Waals surface area contributed by atoms with Gasteiger partial charge in [-0.05, 0) is 36.8 Å². The highest BCUT2D eigenvalue weighted by Crippen LogP contribution is 2.19. The average Bonchev–Trinajstić information content (AvgIpc) is 2.42. The second-order valence-corrected chi connectivity index (χ2v) is 4.56. The SMILES string of the molecule is Cc1ccc(OCC(CO)c2cccc(F)c2)cc1. The molecular weight excluding hydrogens is 243 g/mol. The molecule has 0 amide bonds. The lowest BCUT2D eigenvalue weighted by Crippen LogP contribution is -2.14. The first kappa shape index (κ1) is 13.6. The number of aliphatic hydroxyl groups excluding tert-OH is 1. The first-order valence-corrected chi connectivity index (χ1v) is 6.25. The summed E-state index contributed by atoms with van der Waals surface area (Å²) in [7, 11) is 0. The Balaban J connectivity index is 2.01. The third kappa shape index (κ3) is 3.80. The van der Waals surface area contributed by atoms with Crippen LogP contribution in [0.15, 0.2) is 48.5 Å². The van der Waals surface area contributed by atoms with Gasteiger partial charge in [-0.2, -0.15) is 0 Å². The highest BCUT2D eigenvalue weighted by molar-refractivity contribution is 5.27. The quantitative estimate of drug-likeness (QED) is 0.894. The molecule has 2 nitrogen and oxygen atoms in total. The first-order valence-electron chi connectivity index (χ1n) is 6.25. The van der Waals surface area contributed by atoms with Crippen molar-refractivity contribution in [2.45, 2.75) is 12.8 Å². The number of hydrogen-bond donors (Lipinski definition) is 1. The molecule has 0 heterocycles. The molecule has 0 aliphatic carbocycles. The zero-order valence-electron chi connectivity index (χ0n) is 10.8. The molecule has 3 heteroatoms. The van der Waals surface area contributed by atoms with Gasteiger partial charge in [-0.15, -0.1) is 0 Å². The fraction of sp³-hybridized carbons (Fsp3) is 0.250. The predicted octanol–water partition coefficient (Wildman–Crippen LogP) is 3.29. The van der Waals surface area contributed by atoms with Gasteiger partial charge in [0.25, 0.3) is 0 Å². The molecule has 2 aromatic carbocycles. The molecule has 0 fully saturated rings. The minimum atomic E-state index is -0.300. The zero-order valence-corrected chi connectivity index (χ0v) is 10.8. The lowest BCUT2D eigenvalue weighted by Gasteiger charge is -2.16. The van der Waals surface area contributed by atoms with Crippen LogP contribution in [0.4, 0.5) is 4.39 Å². The van der Waals surface area contributed by atoms with Crippen molar-refractivity contribution in [3.8, 4) is 5.75 Å². The van der Waals surface area contributed by atoms with Gasteiger partial charge >= 0.3 is 0 Å². The Labute approximate surface area is 112 Å². The maximum absolute atomic E-state index is 13.1. The Bertz CT molecular complexity index is 523. The lowest BCUT2D eigenvalue weighted by molar-refractivity contribution is 0.205. The molecule has 19 heavy (non-hydrogen) atoms. The van der Waals surface area contributed by atoms with Crippen LogP contribution < -0.4 is 4.74 Å². The smallest absolute Gasteiger partial charge is 0.123 e. The third-order valence-electron chi connectivity index (χ3n) is 3.01. The molecule has 0 bridgehead atoms. The van der Waals surface area contributed by atoms with E-state index < -0.39 is 0 Å². The van der Waals surface area contributed by atoms with E-state index in [4.69, 9.17) is 4.74 Å². The lowest BCUT2D eigenvalue weighted by atomic mass is 10.0. The number of ether oxygens (including phenoxy) is 1. The summed E-state index contributed by atoms with van der Waals surface area (Å²) in [5, 5.41) is 9.39. The number of aryl methyl sites for hydroxylation is 1. The number of aliphatic hydroxyl groups is 1. The molecule has 1 atom stereocenters. The van der Waals surface area contributed by atoms with Crippen LogP contribution in [0.5, 0.6) is 5.75 Å². The Morgan fingerprint density at radius 2 is 1.89 bits per heavy atom. The molecule has 0 spiro atoms. The molecule has 100 valence electrons. The summed E-state index contributed by atoms with van der Waals surface area (Å²) in [6.07, 6.45) is 0. The molecule has 1 N–H and O–H groups in total. The van der Waals surface area contributed by atoms with E-state index in [-0.39, 0.29) is 18.3 Å². The monoisotopic (exact) mass is 260 g/mol. The number of halogens is 1. The van der Waals surface area contributed by atoms with Crippen LogP contribution >= 0.6 is 0 Å². The summed E-state index contributed by atoms with van der Waals surface area (Å²) in [4.78, 5) is 0. The maximum Gasteiger partial charge on any atom is 0.123 e. The molecular formula is C16H17FO2. The summed E-state index contributed by atoms with van der Waals surface area (Å²) in [5.41, 5.74) is 1.91. The van der Waals surface area contributed by atoms with Gasteiger partial charge in [-0.25, -0.2) is 4.39 Å². The summed E-state index contributed by atoms with van der Waals surface area (Å²) in [5.74, 6) is 0.226.